The third-order valence-corrected chi connectivity index (χ3v) is 2.59. The van der Waals surface area contributed by atoms with Crippen molar-refractivity contribution in [2.75, 3.05) is 13.1 Å². The molecule has 2 heterocycles. The molecule has 62 valence electrons. The summed E-state index contributed by atoms with van der Waals surface area (Å²) in [4.78, 5) is 10.5. The van der Waals surface area contributed by atoms with Gasteiger partial charge in [0.25, 0.3) is 0 Å². The Balaban J connectivity index is 1.99. The molecular weight excluding hydrogens is 144 g/mol. The maximum Gasteiger partial charge on any atom is 0.320 e. The molecule has 4 nitrogen and oxygen atoms in total. The summed E-state index contributed by atoms with van der Waals surface area (Å²) in [7, 11) is 0. The lowest BCUT2D eigenvalue weighted by atomic mass is 10.0. The van der Waals surface area contributed by atoms with Gasteiger partial charge in [0.2, 0.25) is 0 Å². The molecule has 0 aliphatic carbocycles. The van der Waals surface area contributed by atoms with Gasteiger partial charge in [0.05, 0.1) is 0 Å². The molecule has 0 radical (unpaired) electrons. The number of aliphatic carboxylic acids is 1. The molecule has 2 aliphatic rings. The zero-order valence-corrected chi connectivity index (χ0v) is 6.21. The van der Waals surface area contributed by atoms with Gasteiger partial charge in [-0.2, -0.15) is 0 Å². The van der Waals surface area contributed by atoms with Gasteiger partial charge in [-0.25, -0.2) is 0 Å². The lowest BCUT2D eigenvalue weighted by Gasteiger charge is -2.07. The molecule has 0 amide bonds. The van der Waals surface area contributed by atoms with Gasteiger partial charge in [-0.1, -0.05) is 0 Å². The normalized spacial score (nSPS) is 42.4. The minimum absolute atomic E-state index is 0.299. The lowest BCUT2D eigenvalue weighted by molar-refractivity contribution is -0.139. The molecule has 0 aromatic rings. The van der Waals surface area contributed by atoms with Crippen LogP contribution in [0.2, 0.25) is 0 Å². The van der Waals surface area contributed by atoms with Gasteiger partial charge in [-0.3, -0.25) is 10.1 Å². The SMILES string of the molecule is O=C(O)[C@@H]1C[C@H]2CNC[C@H]2N1. The van der Waals surface area contributed by atoms with Crippen LogP contribution in [0.5, 0.6) is 0 Å². The van der Waals surface area contributed by atoms with Gasteiger partial charge in [0, 0.05) is 12.6 Å². The molecule has 2 fully saturated rings. The third kappa shape index (κ3) is 1.12. The smallest absolute Gasteiger partial charge is 0.320 e. The maximum atomic E-state index is 10.5. The molecule has 2 rings (SSSR count). The van der Waals surface area contributed by atoms with Crippen LogP contribution in [0.4, 0.5) is 0 Å². The molecule has 0 aromatic carbocycles. The van der Waals surface area contributed by atoms with E-state index in [4.69, 9.17) is 5.11 Å². The molecule has 4 heteroatoms. The highest BCUT2D eigenvalue weighted by Gasteiger charge is 2.39. The molecular formula is C7H12N2O2. The first-order valence-electron chi connectivity index (χ1n) is 3.97. The van der Waals surface area contributed by atoms with Crippen LogP contribution in [-0.4, -0.2) is 36.2 Å². The van der Waals surface area contributed by atoms with E-state index >= 15 is 0 Å². The van der Waals surface area contributed by atoms with Crippen LogP contribution >= 0.6 is 0 Å². The summed E-state index contributed by atoms with van der Waals surface area (Å²) < 4.78 is 0. The summed E-state index contributed by atoms with van der Waals surface area (Å²) in [6, 6.07) is 0.100. The predicted molar refractivity (Wildman–Crippen MR) is 39.3 cm³/mol. The van der Waals surface area contributed by atoms with Crippen molar-refractivity contribution in [2.24, 2.45) is 5.92 Å². The van der Waals surface area contributed by atoms with Crippen LogP contribution in [0.15, 0.2) is 0 Å². The fraction of sp³-hybridized carbons (Fsp3) is 0.857. The molecule has 3 N–H and O–H groups in total. The fourth-order valence-electron chi connectivity index (χ4n) is 1.98. The highest BCUT2D eigenvalue weighted by molar-refractivity contribution is 5.74. The van der Waals surface area contributed by atoms with Crippen molar-refractivity contribution in [2.45, 2.75) is 18.5 Å². The van der Waals surface area contributed by atoms with Crippen molar-refractivity contribution in [3.8, 4) is 0 Å². The molecule has 2 saturated heterocycles. The van der Waals surface area contributed by atoms with E-state index in [9.17, 15) is 4.79 Å². The van der Waals surface area contributed by atoms with E-state index in [0.29, 0.717) is 12.0 Å². The molecule has 0 bridgehead atoms. The molecule has 3 atom stereocenters. The average molecular weight is 156 g/mol. The number of hydrogen-bond acceptors (Lipinski definition) is 3. The molecule has 2 aliphatic heterocycles. The van der Waals surface area contributed by atoms with Crippen LogP contribution in [0, 0.1) is 5.92 Å². The van der Waals surface area contributed by atoms with Crippen LogP contribution in [0.3, 0.4) is 0 Å². The van der Waals surface area contributed by atoms with E-state index in [1.807, 2.05) is 0 Å². The van der Waals surface area contributed by atoms with Gasteiger partial charge < -0.3 is 10.4 Å². The highest BCUT2D eigenvalue weighted by Crippen LogP contribution is 2.23. The summed E-state index contributed by atoms with van der Waals surface area (Å²) in [5.41, 5.74) is 0. The summed E-state index contributed by atoms with van der Waals surface area (Å²) >= 11 is 0. The number of hydrogen-bond donors (Lipinski definition) is 3. The second-order valence-electron chi connectivity index (χ2n) is 3.32. The first kappa shape index (κ1) is 7.06. The van der Waals surface area contributed by atoms with E-state index in [2.05, 4.69) is 10.6 Å². The number of carboxylic acid groups (broad SMARTS) is 1. The number of carboxylic acids is 1. The number of nitrogens with one attached hydrogen (secondary N) is 2. The Kier molecular flexibility index (Phi) is 1.58. The second kappa shape index (κ2) is 2.46. The van der Waals surface area contributed by atoms with E-state index < -0.39 is 5.97 Å². The molecule has 0 saturated carbocycles. The summed E-state index contributed by atoms with van der Waals surface area (Å²) in [6.07, 6.45) is 0.785. The monoisotopic (exact) mass is 156 g/mol. The zero-order valence-electron chi connectivity index (χ0n) is 6.21. The van der Waals surface area contributed by atoms with Gasteiger partial charge in [-0.15, -0.1) is 0 Å². The van der Waals surface area contributed by atoms with Crippen LogP contribution in [0.1, 0.15) is 6.42 Å². The topological polar surface area (TPSA) is 61.4 Å². The fourth-order valence-corrected chi connectivity index (χ4v) is 1.98. The Morgan fingerprint density at radius 3 is 2.91 bits per heavy atom. The van der Waals surface area contributed by atoms with Crippen molar-refractivity contribution in [3.63, 3.8) is 0 Å². The van der Waals surface area contributed by atoms with E-state index in [1.165, 1.54) is 0 Å². The quantitative estimate of drug-likeness (QED) is 0.456. The van der Waals surface area contributed by atoms with Gasteiger partial charge in [-0.05, 0) is 18.9 Å². The molecule has 11 heavy (non-hydrogen) atoms. The van der Waals surface area contributed by atoms with Crippen molar-refractivity contribution >= 4 is 5.97 Å². The van der Waals surface area contributed by atoms with E-state index in [0.717, 1.165) is 19.5 Å². The minimum atomic E-state index is -0.709. The minimum Gasteiger partial charge on any atom is -0.480 e. The Morgan fingerprint density at radius 2 is 2.27 bits per heavy atom. The Labute approximate surface area is 65.0 Å². The van der Waals surface area contributed by atoms with Crippen molar-refractivity contribution in [1.29, 1.82) is 0 Å². The van der Waals surface area contributed by atoms with Crippen LogP contribution in [0.25, 0.3) is 0 Å². The van der Waals surface area contributed by atoms with Crippen LogP contribution < -0.4 is 10.6 Å². The largest absolute Gasteiger partial charge is 0.480 e. The van der Waals surface area contributed by atoms with Gasteiger partial charge >= 0.3 is 5.97 Å². The standard InChI is InChI=1S/C7H12N2O2/c10-7(11)5-1-4-2-8-3-6(4)9-5/h4-6,8-9H,1-3H2,(H,10,11)/t4-,5-,6+/m0/s1. The first-order chi connectivity index (χ1) is 5.27. The first-order valence-corrected chi connectivity index (χ1v) is 3.97. The zero-order chi connectivity index (χ0) is 7.84. The summed E-state index contributed by atoms with van der Waals surface area (Å²) in [6.45, 7) is 1.90. The lowest BCUT2D eigenvalue weighted by Crippen LogP contribution is -2.38. The van der Waals surface area contributed by atoms with E-state index in [1.54, 1.807) is 0 Å². The molecule has 0 spiro atoms. The number of fused-ring (bicyclic) bond motifs is 1. The van der Waals surface area contributed by atoms with Crippen molar-refractivity contribution in [3.05, 3.63) is 0 Å². The highest BCUT2D eigenvalue weighted by atomic mass is 16.4. The third-order valence-electron chi connectivity index (χ3n) is 2.59. The predicted octanol–water partition coefficient (Wildman–Crippen LogP) is -0.979. The number of rotatable bonds is 1. The number of carbonyl (C=O) groups is 1. The Morgan fingerprint density at radius 1 is 1.45 bits per heavy atom. The van der Waals surface area contributed by atoms with Gasteiger partial charge in [0.15, 0.2) is 0 Å². The van der Waals surface area contributed by atoms with Crippen molar-refractivity contribution in [1.82, 2.24) is 10.6 Å². The Hall–Kier alpha value is -0.610. The second-order valence-corrected chi connectivity index (χ2v) is 3.32. The maximum absolute atomic E-state index is 10.5. The van der Waals surface area contributed by atoms with Crippen molar-refractivity contribution < 1.29 is 9.90 Å². The average Bonchev–Trinajstić information content (AvgIpc) is 2.40. The van der Waals surface area contributed by atoms with E-state index in [-0.39, 0.29) is 6.04 Å². The molecule has 0 aromatic heterocycles. The van der Waals surface area contributed by atoms with Gasteiger partial charge in [0.1, 0.15) is 6.04 Å². The Bertz CT molecular complexity index is 171. The van der Waals surface area contributed by atoms with Crippen LogP contribution in [-0.2, 0) is 4.79 Å². The summed E-state index contributed by atoms with van der Waals surface area (Å²) in [5.74, 6) is -0.171. The molecule has 0 unspecified atom stereocenters. The summed E-state index contributed by atoms with van der Waals surface area (Å²) in [5, 5.41) is 15.0.